The fourth-order valence-electron chi connectivity index (χ4n) is 2.62. The summed E-state index contributed by atoms with van der Waals surface area (Å²) < 4.78 is 10.6. The molecule has 2 N–H and O–H groups in total. The second-order valence-corrected chi connectivity index (χ2v) is 6.93. The highest BCUT2D eigenvalue weighted by molar-refractivity contribution is 5.75. The number of aromatic nitrogens is 2. The zero-order valence-electron chi connectivity index (χ0n) is 15.5. The molecule has 1 unspecified atom stereocenters. The molecule has 0 radical (unpaired) electrons. The Balaban J connectivity index is 1.77. The van der Waals surface area contributed by atoms with Crippen LogP contribution in [0.1, 0.15) is 68.3 Å². The van der Waals surface area contributed by atoms with Crippen LogP contribution in [0.4, 0.5) is 0 Å². The predicted octanol–water partition coefficient (Wildman–Crippen LogP) is 2.75. The van der Waals surface area contributed by atoms with E-state index in [1.807, 2.05) is 20.8 Å². The molecule has 0 saturated carbocycles. The molecule has 0 bridgehead atoms. The minimum Gasteiger partial charge on any atom is -0.466 e. The molecule has 1 atom stereocenters. The van der Waals surface area contributed by atoms with Crippen molar-refractivity contribution in [3.8, 4) is 0 Å². The molecule has 0 aliphatic carbocycles. The van der Waals surface area contributed by atoms with Crippen LogP contribution in [-0.4, -0.2) is 27.7 Å². The molecule has 0 fully saturated rings. The van der Waals surface area contributed by atoms with Crippen molar-refractivity contribution in [3.05, 3.63) is 34.9 Å². The Morgan fingerprint density at radius 2 is 2.12 bits per heavy atom. The summed E-state index contributed by atoms with van der Waals surface area (Å²) in [5, 5.41) is 17.2. The van der Waals surface area contributed by atoms with Gasteiger partial charge in [-0.3, -0.25) is 4.79 Å². The van der Waals surface area contributed by atoms with Gasteiger partial charge in [0.25, 0.3) is 0 Å². The Morgan fingerprint density at radius 3 is 2.68 bits per heavy atom. The summed E-state index contributed by atoms with van der Waals surface area (Å²) in [5.41, 5.74) is -0.478. The molecular weight excluding hydrogens is 322 g/mol. The van der Waals surface area contributed by atoms with E-state index in [2.05, 4.69) is 15.5 Å². The zero-order valence-corrected chi connectivity index (χ0v) is 15.5. The molecular formula is C18H27N3O4. The van der Waals surface area contributed by atoms with Crippen molar-refractivity contribution in [2.45, 2.75) is 65.4 Å². The van der Waals surface area contributed by atoms with Gasteiger partial charge in [0, 0.05) is 24.3 Å². The van der Waals surface area contributed by atoms with Crippen molar-refractivity contribution < 1.29 is 18.8 Å². The van der Waals surface area contributed by atoms with Crippen LogP contribution in [0.3, 0.4) is 0 Å². The zero-order chi connectivity index (χ0) is 18.6. The fourth-order valence-corrected chi connectivity index (χ4v) is 2.62. The lowest BCUT2D eigenvalue weighted by Gasteiger charge is -2.23. The van der Waals surface area contributed by atoms with E-state index in [1.54, 1.807) is 19.9 Å². The fraction of sp³-hybridized carbons (Fsp3) is 0.611. The summed E-state index contributed by atoms with van der Waals surface area (Å²) in [4.78, 5) is 16.3. The van der Waals surface area contributed by atoms with Crippen LogP contribution in [0.25, 0.3) is 0 Å². The van der Waals surface area contributed by atoms with E-state index in [-0.39, 0.29) is 18.4 Å². The molecule has 2 heterocycles. The predicted molar refractivity (Wildman–Crippen MR) is 92.1 cm³/mol. The second-order valence-electron chi connectivity index (χ2n) is 6.93. The first-order chi connectivity index (χ1) is 11.7. The van der Waals surface area contributed by atoms with Gasteiger partial charge in [-0.15, -0.1) is 0 Å². The summed E-state index contributed by atoms with van der Waals surface area (Å²) in [6.07, 6.45) is 1.50. The number of amides is 1. The van der Waals surface area contributed by atoms with Gasteiger partial charge >= 0.3 is 0 Å². The van der Waals surface area contributed by atoms with Gasteiger partial charge in [0.05, 0.1) is 6.54 Å². The van der Waals surface area contributed by atoms with Gasteiger partial charge in [-0.2, -0.15) is 4.98 Å². The van der Waals surface area contributed by atoms with E-state index in [0.717, 1.165) is 5.76 Å². The van der Waals surface area contributed by atoms with E-state index in [9.17, 15) is 9.90 Å². The van der Waals surface area contributed by atoms with Crippen LogP contribution in [0, 0.1) is 13.8 Å². The molecule has 1 amide bonds. The molecule has 25 heavy (non-hydrogen) atoms. The van der Waals surface area contributed by atoms with Gasteiger partial charge in [-0.25, -0.2) is 0 Å². The molecule has 2 aromatic rings. The van der Waals surface area contributed by atoms with Crippen molar-refractivity contribution in [3.63, 3.8) is 0 Å². The van der Waals surface area contributed by atoms with Gasteiger partial charge in [0.15, 0.2) is 5.82 Å². The molecule has 7 heteroatoms. The number of carbonyl (C=O) groups excluding carboxylic acids is 1. The van der Waals surface area contributed by atoms with Crippen molar-refractivity contribution in [1.29, 1.82) is 0 Å². The maximum Gasteiger partial charge on any atom is 0.226 e. The highest BCUT2D eigenvalue weighted by Crippen LogP contribution is 2.26. The van der Waals surface area contributed by atoms with Gasteiger partial charge in [0.1, 0.15) is 17.1 Å². The van der Waals surface area contributed by atoms with E-state index in [0.29, 0.717) is 42.3 Å². The smallest absolute Gasteiger partial charge is 0.226 e. The highest BCUT2D eigenvalue weighted by Gasteiger charge is 2.28. The monoisotopic (exact) mass is 349 g/mol. The van der Waals surface area contributed by atoms with E-state index < -0.39 is 5.60 Å². The number of hydrogen-bond donors (Lipinski definition) is 2. The van der Waals surface area contributed by atoms with Crippen molar-refractivity contribution in [1.82, 2.24) is 15.5 Å². The third-order valence-electron chi connectivity index (χ3n) is 4.05. The largest absolute Gasteiger partial charge is 0.466 e. The van der Waals surface area contributed by atoms with E-state index in [4.69, 9.17) is 8.94 Å². The number of aryl methyl sites for hydroxylation is 3. The minimum atomic E-state index is -1.17. The molecule has 138 valence electrons. The van der Waals surface area contributed by atoms with Gasteiger partial charge in [-0.1, -0.05) is 19.0 Å². The van der Waals surface area contributed by atoms with Crippen molar-refractivity contribution >= 4 is 5.91 Å². The SMILES string of the molecule is Cc1cc(C(C)(O)CNC(=O)CCCc2nc(C(C)C)no2)c(C)o1. The standard InChI is InChI=1S/C18H27N3O4/c1-11(2)17-20-16(25-21-17)8-6-7-15(22)19-10-18(5,23)14-9-12(3)24-13(14)4/h9,11,23H,6-8,10H2,1-5H3,(H,19,22). The summed E-state index contributed by atoms with van der Waals surface area (Å²) in [6.45, 7) is 9.41. The topological polar surface area (TPSA) is 101 Å². The first kappa shape index (κ1) is 19.2. The number of nitrogens with one attached hydrogen (secondary N) is 1. The first-order valence-electron chi connectivity index (χ1n) is 8.58. The van der Waals surface area contributed by atoms with Crippen LogP contribution < -0.4 is 5.32 Å². The lowest BCUT2D eigenvalue weighted by molar-refractivity contribution is -0.122. The minimum absolute atomic E-state index is 0.123. The van der Waals surface area contributed by atoms with E-state index >= 15 is 0 Å². The average Bonchev–Trinajstić information content (AvgIpc) is 3.12. The molecule has 0 aromatic carbocycles. The maximum absolute atomic E-state index is 12.0. The molecule has 2 rings (SSSR count). The molecule has 2 aromatic heterocycles. The van der Waals surface area contributed by atoms with Crippen LogP contribution in [-0.2, 0) is 16.8 Å². The maximum atomic E-state index is 12.0. The first-order valence-corrected chi connectivity index (χ1v) is 8.58. The normalized spacial score (nSPS) is 13.9. The number of nitrogens with zero attached hydrogens (tertiary/aromatic N) is 2. The van der Waals surface area contributed by atoms with Crippen molar-refractivity contribution in [2.24, 2.45) is 0 Å². The number of aliphatic hydroxyl groups is 1. The Morgan fingerprint density at radius 1 is 1.40 bits per heavy atom. The van der Waals surface area contributed by atoms with Gasteiger partial charge in [0.2, 0.25) is 11.8 Å². The average molecular weight is 349 g/mol. The Labute approximate surface area is 147 Å². The highest BCUT2D eigenvalue weighted by atomic mass is 16.5. The van der Waals surface area contributed by atoms with Crippen LogP contribution in [0.15, 0.2) is 15.0 Å². The number of rotatable bonds is 8. The lowest BCUT2D eigenvalue weighted by Crippen LogP contribution is -2.38. The molecule has 0 aliphatic heterocycles. The Kier molecular flexibility index (Phi) is 6.00. The quantitative estimate of drug-likeness (QED) is 0.760. The Hall–Kier alpha value is -2.15. The van der Waals surface area contributed by atoms with Crippen LogP contribution in [0.5, 0.6) is 0 Å². The summed E-state index contributed by atoms with van der Waals surface area (Å²) >= 11 is 0. The summed E-state index contributed by atoms with van der Waals surface area (Å²) in [5.74, 6) is 2.72. The van der Waals surface area contributed by atoms with Gasteiger partial charge < -0.3 is 19.4 Å². The van der Waals surface area contributed by atoms with Crippen LogP contribution >= 0.6 is 0 Å². The van der Waals surface area contributed by atoms with Crippen molar-refractivity contribution in [2.75, 3.05) is 6.54 Å². The molecule has 0 spiro atoms. The Bertz CT molecular complexity index is 716. The molecule has 7 nitrogen and oxygen atoms in total. The molecule has 0 aliphatic rings. The molecule has 0 saturated heterocycles. The third kappa shape index (κ3) is 5.16. The number of furan rings is 1. The summed E-state index contributed by atoms with van der Waals surface area (Å²) in [7, 11) is 0. The number of hydrogen-bond acceptors (Lipinski definition) is 6. The lowest BCUT2D eigenvalue weighted by atomic mass is 9.96. The summed E-state index contributed by atoms with van der Waals surface area (Å²) in [6, 6.07) is 1.80. The second kappa shape index (κ2) is 7.82. The van der Waals surface area contributed by atoms with E-state index in [1.165, 1.54) is 0 Å². The third-order valence-corrected chi connectivity index (χ3v) is 4.05. The van der Waals surface area contributed by atoms with Gasteiger partial charge in [-0.05, 0) is 33.3 Å². The van der Waals surface area contributed by atoms with Crippen LogP contribution in [0.2, 0.25) is 0 Å². The number of carbonyl (C=O) groups is 1.